The van der Waals surface area contributed by atoms with E-state index in [-0.39, 0.29) is 5.91 Å². The van der Waals surface area contributed by atoms with Crippen LogP contribution < -0.4 is 5.01 Å². The average molecular weight is 443 g/mol. The van der Waals surface area contributed by atoms with Gasteiger partial charge in [-0.15, -0.1) is 0 Å². The minimum absolute atomic E-state index is 0.0120. The summed E-state index contributed by atoms with van der Waals surface area (Å²) in [6.45, 7) is 1.87. The Morgan fingerprint density at radius 2 is 1.60 bits per heavy atom. The first-order valence-corrected chi connectivity index (χ1v) is 19.1. The molecule has 1 atom stereocenters. The number of anilines is 1. The number of carbonyl (C=O) groups excluding carboxylic acids is 1. The zero-order valence-electron chi connectivity index (χ0n) is 15.6. The van der Waals surface area contributed by atoms with Gasteiger partial charge in [-0.1, -0.05) is 0 Å². The van der Waals surface area contributed by atoms with Crippen LogP contribution in [0, 0.1) is 0 Å². The molecule has 2 rings (SSSR count). The molecule has 1 unspecified atom stereocenters. The van der Waals surface area contributed by atoms with Crippen LogP contribution in [-0.2, 0) is 4.79 Å². The van der Waals surface area contributed by atoms with Crippen LogP contribution in [0.15, 0.2) is 65.8 Å². The van der Waals surface area contributed by atoms with Gasteiger partial charge in [0.2, 0.25) is 0 Å². The third-order valence-corrected chi connectivity index (χ3v) is 11.9. The van der Waals surface area contributed by atoms with Crippen molar-refractivity contribution < 1.29 is 4.79 Å². The Labute approximate surface area is 155 Å². The first-order valence-electron chi connectivity index (χ1n) is 8.89. The van der Waals surface area contributed by atoms with Gasteiger partial charge in [0, 0.05) is 0 Å². The van der Waals surface area contributed by atoms with Crippen LogP contribution in [0.4, 0.5) is 5.69 Å². The molecule has 2 aromatic rings. The summed E-state index contributed by atoms with van der Waals surface area (Å²) in [5.41, 5.74) is 2.21. The second kappa shape index (κ2) is 9.18. The van der Waals surface area contributed by atoms with Crippen LogP contribution in [0.25, 0.3) is 0 Å². The molecule has 0 saturated heterocycles. The number of hydrazone groups is 1. The molecular formula is C21H28N2OSn. The number of benzene rings is 2. The molecular weight excluding hydrogens is 415 g/mol. The fourth-order valence-electron chi connectivity index (χ4n) is 2.90. The van der Waals surface area contributed by atoms with Gasteiger partial charge in [0.1, 0.15) is 0 Å². The SMILES string of the molecule is CCC(=O)N(N=CC[CH](c1ccccc1)[Sn]([CH3])([CH3])[CH3])c1ccccc1. The first kappa shape index (κ1) is 19.7. The minimum atomic E-state index is -2.19. The van der Waals surface area contributed by atoms with Gasteiger partial charge in [0.05, 0.1) is 0 Å². The second-order valence-corrected chi connectivity index (χ2v) is 22.8. The van der Waals surface area contributed by atoms with E-state index in [2.05, 4.69) is 50.3 Å². The monoisotopic (exact) mass is 444 g/mol. The molecule has 1 amide bonds. The van der Waals surface area contributed by atoms with E-state index in [1.807, 2.05) is 43.5 Å². The molecule has 0 N–H and O–H groups in total. The molecule has 132 valence electrons. The van der Waals surface area contributed by atoms with Crippen molar-refractivity contribution in [2.24, 2.45) is 5.10 Å². The summed E-state index contributed by atoms with van der Waals surface area (Å²) in [5, 5.41) is 6.06. The average Bonchev–Trinajstić information content (AvgIpc) is 2.61. The summed E-state index contributed by atoms with van der Waals surface area (Å²) < 4.78 is 0.550. The van der Waals surface area contributed by atoms with E-state index in [0.29, 0.717) is 10.4 Å². The Morgan fingerprint density at radius 3 is 2.12 bits per heavy atom. The Hall–Kier alpha value is -1.62. The molecule has 2 aromatic carbocycles. The third kappa shape index (κ3) is 5.70. The molecule has 0 aliphatic rings. The molecule has 25 heavy (non-hydrogen) atoms. The zero-order chi connectivity index (χ0) is 18.3. The fourth-order valence-corrected chi connectivity index (χ4v) is 8.63. The van der Waals surface area contributed by atoms with Gasteiger partial charge >= 0.3 is 156 Å². The number of para-hydroxylation sites is 1. The van der Waals surface area contributed by atoms with E-state index in [9.17, 15) is 4.79 Å². The van der Waals surface area contributed by atoms with Crippen LogP contribution in [0.2, 0.25) is 14.8 Å². The molecule has 0 heterocycles. The molecule has 0 aliphatic heterocycles. The summed E-state index contributed by atoms with van der Waals surface area (Å²) in [5.74, 6) is 0.0120. The quantitative estimate of drug-likeness (QED) is 0.318. The van der Waals surface area contributed by atoms with E-state index in [1.54, 1.807) is 0 Å². The van der Waals surface area contributed by atoms with E-state index in [1.165, 1.54) is 10.6 Å². The predicted octanol–water partition coefficient (Wildman–Crippen LogP) is 5.47. The van der Waals surface area contributed by atoms with Crippen molar-refractivity contribution in [1.29, 1.82) is 0 Å². The van der Waals surface area contributed by atoms with Crippen LogP contribution >= 0.6 is 0 Å². The maximum atomic E-state index is 12.3. The molecule has 4 heteroatoms. The van der Waals surface area contributed by atoms with Gasteiger partial charge < -0.3 is 0 Å². The summed E-state index contributed by atoms with van der Waals surface area (Å²) in [6, 6.07) is 20.3. The summed E-state index contributed by atoms with van der Waals surface area (Å²) in [4.78, 5) is 19.6. The molecule has 0 spiro atoms. The van der Waals surface area contributed by atoms with E-state index in [4.69, 9.17) is 0 Å². The van der Waals surface area contributed by atoms with Crippen molar-refractivity contribution in [3.8, 4) is 0 Å². The molecule has 3 nitrogen and oxygen atoms in total. The van der Waals surface area contributed by atoms with Gasteiger partial charge in [-0.25, -0.2) is 0 Å². The van der Waals surface area contributed by atoms with Gasteiger partial charge in [-0.3, -0.25) is 0 Å². The normalized spacial score (nSPS) is 13.0. The van der Waals surface area contributed by atoms with Crippen molar-refractivity contribution in [1.82, 2.24) is 0 Å². The van der Waals surface area contributed by atoms with Crippen LogP contribution in [0.1, 0.15) is 29.3 Å². The van der Waals surface area contributed by atoms with Crippen molar-refractivity contribution in [2.45, 2.75) is 38.5 Å². The van der Waals surface area contributed by atoms with Gasteiger partial charge in [-0.05, 0) is 0 Å². The van der Waals surface area contributed by atoms with E-state index in [0.717, 1.165) is 12.1 Å². The summed E-state index contributed by atoms with van der Waals surface area (Å²) >= 11 is -2.19. The van der Waals surface area contributed by atoms with Crippen LogP contribution in [0.3, 0.4) is 0 Å². The maximum absolute atomic E-state index is 12.3. The van der Waals surface area contributed by atoms with Crippen molar-refractivity contribution in [3.63, 3.8) is 0 Å². The predicted molar refractivity (Wildman–Crippen MR) is 110 cm³/mol. The van der Waals surface area contributed by atoms with Gasteiger partial charge in [-0.2, -0.15) is 0 Å². The fraction of sp³-hybridized carbons (Fsp3) is 0.333. The Kier molecular flexibility index (Phi) is 7.23. The molecule has 0 radical (unpaired) electrons. The van der Waals surface area contributed by atoms with E-state index >= 15 is 0 Å². The molecule has 0 aliphatic carbocycles. The number of carbonyl (C=O) groups is 1. The van der Waals surface area contributed by atoms with Crippen LogP contribution in [-0.4, -0.2) is 30.5 Å². The Morgan fingerprint density at radius 1 is 1.04 bits per heavy atom. The number of rotatable bonds is 7. The van der Waals surface area contributed by atoms with Crippen molar-refractivity contribution in [2.75, 3.05) is 5.01 Å². The zero-order valence-corrected chi connectivity index (χ0v) is 18.5. The van der Waals surface area contributed by atoms with Gasteiger partial charge in [0.25, 0.3) is 0 Å². The van der Waals surface area contributed by atoms with Crippen molar-refractivity contribution >= 4 is 36.2 Å². The van der Waals surface area contributed by atoms with E-state index < -0.39 is 18.4 Å². The second-order valence-electron chi connectivity index (χ2n) is 7.26. The number of amides is 1. The molecule has 0 aromatic heterocycles. The first-order chi connectivity index (χ1) is 11.9. The van der Waals surface area contributed by atoms with Gasteiger partial charge in [0.15, 0.2) is 0 Å². The third-order valence-electron chi connectivity index (χ3n) is 4.33. The number of hydrogen-bond donors (Lipinski definition) is 0. The molecule has 0 saturated carbocycles. The Balaban J connectivity index is 2.21. The number of nitrogens with zero attached hydrogens (tertiary/aromatic N) is 2. The number of hydrogen-bond acceptors (Lipinski definition) is 2. The van der Waals surface area contributed by atoms with Crippen molar-refractivity contribution in [3.05, 3.63) is 66.2 Å². The Bertz CT molecular complexity index is 693. The molecule has 0 fully saturated rings. The molecule has 0 bridgehead atoms. The summed E-state index contributed by atoms with van der Waals surface area (Å²) in [6.07, 6.45) is 3.25. The topological polar surface area (TPSA) is 32.7 Å². The summed E-state index contributed by atoms with van der Waals surface area (Å²) in [7, 11) is 0. The standard InChI is InChI=1S/C18H19N2O.3CH3.Sn/c1-2-18(21)20(17-13-7-4-8-14-17)19-15-9-12-16-10-5-3-6-11-16;;;;/h3-8,10-15H,2,9H2,1H3;3*1H3;. The van der Waals surface area contributed by atoms with Crippen LogP contribution in [0.5, 0.6) is 0 Å².